The van der Waals surface area contributed by atoms with Crippen LogP contribution in [0, 0.1) is 11.3 Å². The van der Waals surface area contributed by atoms with Gasteiger partial charge in [-0.1, -0.05) is 0 Å². The van der Waals surface area contributed by atoms with Crippen molar-refractivity contribution in [2.24, 2.45) is 0 Å². The smallest absolute Gasteiger partial charge is 0.347 e. The maximum absolute atomic E-state index is 10.6. The Kier molecular flexibility index (Phi) is 2.84. The molecule has 1 aromatic rings. The molecule has 72 valence electrons. The Morgan fingerprint density at radius 3 is 2.57 bits per heavy atom. The second-order valence-electron chi connectivity index (χ2n) is 2.45. The van der Waals surface area contributed by atoms with Gasteiger partial charge in [0.2, 0.25) is 0 Å². The summed E-state index contributed by atoms with van der Waals surface area (Å²) < 4.78 is 0. The van der Waals surface area contributed by atoms with E-state index in [-0.39, 0.29) is 22.4 Å². The number of hydrogen-bond donors (Lipinski definition) is 2. The molecule has 0 amide bonds. The van der Waals surface area contributed by atoms with Crippen molar-refractivity contribution in [3.8, 4) is 6.07 Å². The molecule has 0 saturated carbocycles. The summed E-state index contributed by atoms with van der Waals surface area (Å²) in [5.74, 6) is -2.29. The molecule has 14 heavy (non-hydrogen) atoms. The number of hydrogen-bond acceptors (Lipinski definition) is 4. The lowest BCUT2D eigenvalue weighted by molar-refractivity contribution is -0.136. The highest BCUT2D eigenvalue weighted by molar-refractivity contribution is 7.12. The van der Waals surface area contributed by atoms with Crippen LogP contribution in [-0.2, 0) is 11.2 Å². The minimum Gasteiger partial charge on any atom is -0.481 e. The lowest BCUT2D eigenvalue weighted by Gasteiger charge is -1.92. The molecule has 0 radical (unpaired) electrons. The number of carboxylic acids is 2. The molecule has 0 bridgehead atoms. The van der Waals surface area contributed by atoms with Crippen LogP contribution in [0.25, 0.3) is 0 Å². The summed E-state index contributed by atoms with van der Waals surface area (Å²) in [7, 11) is 0. The first-order valence-electron chi connectivity index (χ1n) is 3.51. The molecule has 0 fully saturated rings. The number of thiophene rings is 1. The monoisotopic (exact) mass is 211 g/mol. The fourth-order valence-corrected chi connectivity index (χ4v) is 1.82. The van der Waals surface area contributed by atoms with E-state index < -0.39 is 11.9 Å². The first-order valence-corrected chi connectivity index (χ1v) is 4.39. The molecule has 0 unspecified atom stereocenters. The van der Waals surface area contributed by atoms with Crippen LogP contribution in [0.15, 0.2) is 5.38 Å². The van der Waals surface area contributed by atoms with Gasteiger partial charge in [0, 0.05) is 0 Å². The Labute approximate surface area is 82.8 Å². The number of nitriles is 1. The molecule has 5 nitrogen and oxygen atoms in total. The summed E-state index contributed by atoms with van der Waals surface area (Å²) in [5.41, 5.74) is 0.201. The molecule has 0 spiro atoms. The summed E-state index contributed by atoms with van der Waals surface area (Å²) in [6, 6.07) is 1.70. The molecule has 0 saturated heterocycles. The van der Waals surface area contributed by atoms with Gasteiger partial charge >= 0.3 is 11.9 Å². The molecule has 0 aliphatic heterocycles. The molecule has 1 aromatic heterocycles. The summed E-state index contributed by atoms with van der Waals surface area (Å²) in [5, 5.41) is 27.2. The van der Waals surface area contributed by atoms with Crippen LogP contribution < -0.4 is 0 Å². The number of aromatic carboxylic acids is 1. The highest BCUT2D eigenvalue weighted by Gasteiger charge is 2.18. The molecule has 6 heteroatoms. The average Bonchev–Trinajstić information content (AvgIpc) is 2.46. The zero-order valence-electron chi connectivity index (χ0n) is 6.85. The summed E-state index contributed by atoms with van der Waals surface area (Å²) in [6.45, 7) is 0. The third kappa shape index (κ3) is 1.89. The molecule has 1 rings (SSSR count). The number of nitrogens with zero attached hydrogens (tertiary/aromatic N) is 1. The SMILES string of the molecule is N#Cc1c(CC(=O)O)csc1C(=O)O. The van der Waals surface area contributed by atoms with E-state index in [0.717, 1.165) is 11.3 Å². The van der Waals surface area contributed by atoms with Gasteiger partial charge in [0.05, 0.1) is 12.0 Å². The van der Waals surface area contributed by atoms with Crippen LogP contribution >= 0.6 is 11.3 Å². The molecular formula is C8H5NO4S. The van der Waals surface area contributed by atoms with Gasteiger partial charge in [-0.25, -0.2) is 4.79 Å². The largest absolute Gasteiger partial charge is 0.481 e. The number of aliphatic carboxylic acids is 1. The van der Waals surface area contributed by atoms with Crippen LogP contribution in [0.2, 0.25) is 0 Å². The lowest BCUT2D eigenvalue weighted by atomic mass is 10.1. The minimum absolute atomic E-state index is 0.0510. The predicted molar refractivity (Wildman–Crippen MR) is 47.3 cm³/mol. The second kappa shape index (κ2) is 3.89. The van der Waals surface area contributed by atoms with Gasteiger partial charge in [-0.05, 0) is 10.9 Å². The Morgan fingerprint density at radius 1 is 1.50 bits per heavy atom. The van der Waals surface area contributed by atoms with Crippen molar-refractivity contribution >= 4 is 23.3 Å². The molecule has 0 aliphatic carbocycles. The number of carboxylic acid groups (broad SMARTS) is 2. The van der Waals surface area contributed by atoms with Crippen LogP contribution in [0.5, 0.6) is 0 Å². The van der Waals surface area contributed by atoms with Crippen molar-refractivity contribution in [1.29, 1.82) is 5.26 Å². The summed E-state index contributed by atoms with van der Waals surface area (Å²) in [6.07, 6.45) is -0.327. The Bertz CT molecular complexity index is 429. The van der Waals surface area contributed by atoms with Gasteiger partial charge in [-0.2, -0.15) is 5.26 Å². The zero-order valence-corrected chi connectivity index (χ0v) is 7.67. The first-order chi connectivity index (χ1) is 6.56. The highest BCUT2D eigenvalue weighted by atomic mass is 32.1. The first kappa shape index (κ1) is 10.2. The van der Waals surface area contributed by atoms with E-state index in [1.807, 2.05) is 0 Å². The third-order valence-corrected chi connectivity index (χ3v) is 2.53. The second-order valence-corrected chi connectivity index (χ2v) is 3.33. The standard InChI is InChI=1S/C8H5NO4S/c9-2-5-4(1-6(10)11)3-14-7(5)8(12)13/h3H,1H2,(H,10,11)(H,12,13). The van der Waals surface area contributed by atoms with Gasteiger partial charge in [-0.15, -0.1) is 11.3 Å². The maximum Gasteiger partial charge on any atom is 0.347 e. The highest BCUT2D eigenvalue weighted by Crippen LogP contribution is 2.22. The van der Waals surface area contributed by atoms with Crippen molar-refractivity contribution in [3.63, 3.8) is 0 Å². The fraction of sp³-hybridized carbons (Fsp3) is 0.125. The molecule has 0 aliphatic rings. The minimum atomic E-state index is -1.21. The Hall–Kier alpha value is -1.87. The Morgan fingerprint density at radius 2 is 2.14 bits per heavy atom. The Balaban J connectivity index is 3.15. The van der Waals surface area contributed by atoms with Gasteiger partial charge in [-0.3, -0.25) is 4.79 Å². The van der Waals surface area contributed by atoms with Crippen molar-refractivity contribution in [3.05, 3.63) is 21.4 Å². The normalized spacial score (nSPS) is 9.36. The quantitative estimate of drug-likeness (QED) is 0.775. The van der Waals surface area contributed by atoms with E-state index in [1.54, 1.807) is 6.07 Å². The topological polar surface area (TPSA) is 98.4 Å². The van der Waals surface area contributed by atoms with E-state index in [4.69, 9.17) is 15.5 Å². The van der Waals surface area contributed by atoms with Crippen LogP contribution in [0.1, 0.15) is 20.8 Å². The molecule has 0 aromatic carbocycles. The van der Waals surface area contributed by atoms with Gasteiger partial charge < -0.3 is 10.2 Å². The van der Waals surface area contributed by atoms with Crippen LogP contribution in [0.4, 0.5) is 0 Å². The third-order valence-electron chi connectivity index (χ3n) is 1.51. The average molecular weight is 211 g/mol. The van der Waals surface area contributed by atoms with Gasteiger partial charge in [0.25, 0.3) is 0 Å². The molecule has 1 heterocycles. The lowest BCUT2D eigenvalue weighted by Crippen LogP contribution is -2.02. The summed E-state index contributed by atoms with van der Waals surface area (Å²) in [4.78, 5) is 20.8. The summed E-state index contributed by atoms with van der Waals surface area (Å²) >= 11 is 0.865. The van der Waals surface area contributed by atoms with E-state index in [0.29, 0.717) is 0 Å². The van der Waals surface area contributed by atoms with Gasteiger partial charge in [0.1, 0.15) is 10.9 Å². The number of rotatable bonds is 3. The van der Waals surface area contributed by atoms with Crippen LogP contribution in [-0.4, -0.2) is 22.2 Å². The van der Waals surface area contributed by atoms with E-state index in [9.17, 15) is 9.59 Å². The predicted octanol–water partition coefficient (Wildman–Crippen LogP) is 0.945. The van der Waals surface area contributed by atoms with Crippen LogP contribution in [0.3, 0.4) is 0 Å². The number of carbonyl (C=O) groups is 2. The van der Waals surface area contributed by atoms with Crippen molar-refractivity contribution in [2.45, 2.75) is 6.42 Å². The maximum atomic E-state index is 10.6. The van der Waals surface area contributed by atoms with Crippen molar-refractivity contribution in [1.82, 2.24) is 0 Å². The molecular weight excluding hydrogens is 206 g/mol. The van der Waals surface area contributed by atoms with E-state index >= 15 is 0 Å². The molecule has 2 N–H and O–H groups in total. The van der Waals surface area contributed by atoms with Crippen molar-refractivity contribution < 1.29 is 19.8 Å². The van der Waals surface area contributed by atoms with Crippen molar-refractivity contribution in [2.75, 3.05) is 0 Å². The fourth-order valence-electron chi connectivity index (χ4n) is 0.967. The molecule has 0 atom stereocenters. The van der Waals surface area contributed by atoms with Gasteiger partial charge in [0.15, 0.2) is 0 Å². The van der Waals surface area contributed by atoms with E-state index in [2.05, 4.69) is 0 Å². The zero-order chi connectivity index (χ0) is 10.7. The van der Waals surface area contributed by atoms with E-state index in [1.165, 1.54) is 5.38 Å².